The zero-order chi connectivity index (χ0) is 22.6. The Labute approximate surface area is 188 Å². The third-order valence-electron chi connectivity index (χ3n) is 4.61. The summed E-state index contributed by atoms with van der Waals surface area (Å²) >= 11 is 1.59. The van der Waals surface area contributed by atoms with E-state index in [1.54, 1.807) is 35.9 Å². The Balaban J connectivity index is 1.45. The number of nitrogens with one attached hydrogen (secondary N) is 2. The summed E-state index contributed by atoms with van der Waals surface area (Å²) in [6.07, 6.45) is 3.44. The molecule has 2 aromatic carbocycles. The molecule has 0 bridgehead atoms. The van der Waals surface area contributed by atoms with E-state index >= 15 is 0 Å². The highest BCUT2D eigenvalue weighted by Crippen LogP contribution is 2.22. The number of nitrogens with zero attached hydrogens (tertiary/aromatic N) is 1. The normalized spacial score (nSPS) is 11.2. The molecule has 2 aromatic heterocycles. The Morgan fingerprint density at radius 3 is 2.62 bits per heavy atom. The van der Waals surface area contributed by atoms with Crippen molar-refractivity contribution in [1.82, 2.24) is 10.3 Å². The number of hydrogen-bond acceptors (Lipinski definition) is 5. The van der Waals surface area contributed by atoms with Crippen molar-refractivity contribution in [3.05, 3.63) is 101 Å². The summed E-state index contributed by atoms with van der Waals surface area (Å²) in [6.45, 7) is 0.259. The number of halogens is 1. The molecule has 0 radical (unpaired) electrons. The van der Waals surface area contributed by atoms with E-state index in [-0.39, 0.29) is 23.7 Å². The van der Waals surface area contributed by atoms with E-state index in [2.05, 4.69) is 15.0 Å². The van der Waals surface area contributed by atoms with Crippen molar-refractivity contribution >= 4 is 33.0 Å². The van der Waals surface area contributed by atoms with Crippen LogP contribution in [0.2, 0.25) is 0 Å². The van der Waals surface area contributed by atoms with E-state index in [0.29, 0.717) is 0 Å². The molecular formula is C23H18FN3O3S2. The molecule has 0 aliphatic carbocycles. The van der Waals surface area contributed by atoms with Crippen LogP contribution in [-0.2, 0) is 16.6 Å². The van der Waals surface area contributed by atoms with Gasteiger partial charge in [0.25, 0.3) is 15.9 Å². The summed E-state index contributed by atoms with van der Waals surface area (Å²) in [7, 11) is -4.13. The summed E-state index contributed by atoms with van der Waals surface area (Å²) in [5.74, 6) is -1.23. The van der Waals surface area contributed by atoms with Crippen LogP contribution < -0.4 is 10.0 Å². The van der Waals surface area contributed by atoms with Crippen molar-refractivity contribution in [3.8, 4) is 11.1 Å². The first-order valence-electron chi connectivity index (χ1n) is 9.54. The second-order valence-corrected chi connectivity index (χ2v) is 9.32. The van der Waals surface area contributed by atoms with Gasteiger partial charge < -0.3 is 5.32 Å². The summed E-state index contributed by atoms with van der Waals surface area (Å²) in [5, 5.41) is 6.81. The van der Waals surface area contributed by atoms with Crippen LogP contribution in [0.4, 0.5) is 10.1 Å². The summed E-state index contributed by atoms with van der Waals surface area (Å²) < 4.78 is 41.2. The monoisotopic (exact) mass is 467 g/mol. The fraction of sp³-hybridized carbons (Fsp3) is 0.0435. The quantitative estimate of drug-likeness (QED) is 0.413. The number of sulfonamides is 1. The standard InChI is InChI=1S/C23H18FN3O3S2/c24-21-6-1-2-7-22(21)32(29,30)27-20-5-3-4-17(11-20)23(28)26-13-16-10-19(14-25-12-16)18-8-9-31-15-18/h1-12,14-15,27H,13H2,(H,26,28). The molecule has 4 rings (SSSR count). The van der Waals surface area contributed by atoms with Gasteiger partial charge in [-0.25, -0.2) is 12.8 Å². The fourth-order valence-electron chi connectivity index (χ4n) is 3.05. The zero-order valence-electron chi connectivity index (χ0n) is 16.7. The molecule has 9 heteroatoms. The van der Waals surface area contributed by atoms with Gasteiger partial charge in [-0.15, -0.1) is 0 Å². The van der Waals surface area contributed by atoms with Crippen LogP contribution >= 0.6 is 11.3 Å². The maximum Gasteiger partial charge on any atom is 0.264 e. The van der Waals surface area contributed by atoms with Crippen molar-refractivity contribution in [2.24, 2.45) is 0 Å². The highest BCUT2D eigenvalue weighted by Gasteiger charge is 2.19. The minimum absolute atomic E-state index is 0.155. The lowest BCUT2D eigenvalue weighted by Crippen LogP contribution is -2.23. The zero-order valence-corrected chi connectivity index (χ0v) is 18.3. The molecule has 0 spiro atoms. The lowest BCUT2D eigenvalue weighted by atomic mass is 10.1. The van der Waals surface area contributed by atoms with Crippen LogP contribution in [0.5, 0.6) is 0 Å². The third kappa shape index (κ3) is 5.01. The molecule has 0 saturated heterocycles. The molecule has 0 aliphatic rings. The Bertz CT molecular complexity index is 1360. The first-order chi connectivity index (χ1) is 15.4. The smallest absolute Gasteiger partial charge is 0.264 e. The Morgan fingerprint density at radius 2 is 1.84 bits per heavy atom. The number of thiophene rings is 1. The van der Waals surface area contributed by atoms with Crippen molar-refractivity contribution in [1.29, 1.82) is 0 Å². The average Bonchev–Trinajstić information content (AvgIpc) is 3.33. The van der Waals surface area contributed by atoms with Crippen LogP contribution in [0.25, 0.3) is 11.1 Å². The molecule has 0 atom stereocenters. The number of anilines is 1. The largest absolute Gasteiger partial charge is 0.348 e. The molecule has 0 fully saturated rings. The summed E-state index contributed by atoms with van der Waals surface area (Å²) in [5.41, 5.74) is 3.27. The third-order valence-corrected chi connectivity index (χ3v) is 6.70. The van der Waals surface area contributed by atoms with Crippen LogP contribution in [0, 0.1) is 5.82 Å². The number of carbonyl (C=O) groups is 1. The molecule has 0 aliphatic heterocycles. The minimum atomic E-state index is -4.13. The highest BCUT2D eigenvalue weighted by atomic mass is 32.2. The van der Waals surface area contributed by atoms with Crippen LogP contribution in [0.3, 0.4) is 0 Å². The van der Waals surface area contributed by atoms with Gasteiger partial charge in [-0.2, -0.15) is 11.3 Å². The lowest BCUT2D eigenvalue weighted by molar-refractivity contribution is 0.0951. The molecule has 0 saturated carbocycles. The average molecular weight is 468 g/mol. The van der Waals surface area contributed by atoms with E-state index in [4.69, 9.17) is 0 Å². The van der Waals surface area contributed by atoms with Gasteiger partial charge in [0.1, 0.15) is 10.7 Å². The van der Waals surface area contributed by atoms with Crippen LogP contribution in [-0.4, -0.2) is 19.3 Å². The molecule has 2 heterocycles. The first-order valence-corrected chi connectivity index (χ1v) is 12.0. The summed E-state index contributed by atoms with van der Waals surface area (Å²) in [4.78, 5) is 16.4. The van der Waals surface area contributed by atoms with Gasteiger partial charge >= 0.3 is 0 Å². The van der Waals surface area contributed by atoms with Gasteiger partial charge in [0.15, 0.2) is 0 Å². The topological polar surface area (TPSA) is 88.2 Å². The molecule has 1 amide bonds. The predicted octanol–water partition coefficient (Wildman–Crippen LogP) is 4.68. The van der Waals surface area contributed by atoms with Crippen molar-refractivity contribution in [2.45, 2.75) is 11.4 Å². The molecule has 6 nitrogen and oxygen atoms in total. The number of benzene rings is 2. The molecule has 0 unspecified atom stereocenters. The Kier molecular flexibility index (Phi) is 6.29. The van der Waals surface area contributed by atoms with Crippen LogP contribution in [0.1, 0.15) is 15.9 Å². The van der Waals surface area contributed by atoms with E-state index in [0.717, 1.165) is 22.8 Å². The van der Waals surface area contributed by atoms with E-state index < -0.39 is 20.7 Å². The first kappa shape index (κ1) is 21.7. The SMILES string of the molecule is O=C(NCc1cncc(-c2ccsc2)c1)c1cccc(NS(=O)(=O)c2ccccc2F)c1. The maximum absolute atomic E-state index is 13.9. The van der Waals surface area contributed by atoms with Crippen molar-refractivity contribution in [2.75, 3.05) is 4.72 Å². The molecule has 162 valence electrons. The number of carbonyl (C=O) groups excluding carboxylic acids is 1. The summed E-state index contributed by atoms with van der Waals surface area (Å²) in [6, 6.07) is 15.0. The number of amides is 1. The van der Waals surface area contributed by atoms with Gasteiger partial charge in [0.05, 0.1) is 0 Å². The molecule has 32 heavy (non-hydrogen) atoms. The van der Waals surface area contributed by atoms with Gasteiger partial charge in [-0.3, -0.25) is 14.5 Å². The molecule has 4 aromatic rings. The van der Waals surface area contributed by atoms with Crippen molar-refractivity contribution < 1.29 is 17.6 Å². The second-order valence-electron chi connectivity index (χ2n) is 6.89. The number of rotatable bonds is 7. The predicted molar refractivity (Wildman–Crippen MR) is 122 cm³/mol. The fourth-order valence-corrected chi connectivity index (χ4v) is 4.85. The second kappa shape index (κ2) is 9.29. The number of pyridine rings is 1. The number of hydrogen-bond donors (Lipinski definition) is 2. The van der Waals surface area contributed by atoms with Crippen molar-refractivity contribution in [3.63, 3.8) is 0 Å². The number of aromatic nitrogens is 1. The van der Waals surface area contributed by atoms with E-state index in [1.807, 2.05) is 22.9 Å². The van der Waals surface area contributed by atoms with E-state index in [9.17, 15) is 17.6 Å². The molecule has 2 N–H and O–H groups in total. The van der Waals surface area contributed by atoms with Gasteiger partial charge in [-0.05, 0) is 64.4 Å². The lowest BCUT2D eigenvalue weighted by Gasteiger charge is -2.11. The van der Waals surface area contributed by atoms with Gasteiger partial charge in [0, 0.05) is 35.8 Å². The van der Waals surface area contributed by atoms with E-state index in [1.165, 1.54) is 30.3 Å². The van der Waals surface area contributed by atoms with Crippen LogP contribution in [0.15, 0.2) is 88.7 Å². The Hall–Kier alpha value is -3.56. The van der Waals surface area contributed by atoms with Gasteiger partial charge in [-0.1, -0.05) is 18.2 Å². The Morgan fingerprint density at radius 1 is 1.00 bits per heavy atom. The highest BCUT2D eigenvalue weighted by molar-refractivity contribution is 7.92. The van der Waals surface area contributed by atoms with Gasteiger partial charge in [0.2, 0.25) is 0 Å². The molecular weight excluding hydrogens is 449 g/mol. The minimum Gasteiger partial charge on any atom is -0.348 e. The maximum atomic E-state index is 13.9.